The maximum Gasteiger partial charge on any atom is 0.314 e. The van der Waals surface area contributed by atoms with Crippen molar-refractivity contribution in [2.45, 2.75) is 25.2 Å². The monoisotopic (exact) mass is 224 g/mol. The highest BCUT2D eigenvalue weighted by Gasteiger charge is 2.52. The van der Waals surface area contributed by atoms with Gasteiger partial charge in [0, 0.05) is 0 Å². The SMILES string of the molecule is COc1c(C)cc(C2(C(=O)O)CC2)cc1F. The first-order valence-electron chi connectivity index (χ1n) is 5.09. The van der Waals surface area contributed by atoms with Crippen LogP contribution in [0.15, 0.2) is 12.1 Å². The molecule has 0 amide bonds. The van der Waals surface area contributed by atoms with Crippen molar-refractivity contribution in [3.05, 3.63) is 29.1 Å². The Labute approximate surface area is 92.9 Å². The lowest BCUT2D eigenvalue weighted by Gasteiger charge is -2.13. The number of benzene rings is 1. The highest BCUT2D eigenvalue weighted by Crippen LogP contribution is 2.49. The van der Waals surface area contributed by atoms with Crippen molar-refractivity contribution in [3.8, 4) is 5.75 Å². The number of carboxylic acids is 1. The summed E-state index contributed by atoms with van der Waals surface area (Å²) in [5.74, 6) is -1.19. The summed E-state index contributed by atoms with van der Waals surface area (Å²) in [6, 6.07) is 2.97. The molecule has 16 heavy (non-hydrogen) atoms. The minimum atomic E-state index is -0.878. The van der Waals surface area contributed by atoms with E-state index >= 15 is 0 Å². The molecule has 0 aliphatic heterocycles. The van der Waals surface area contributed by atoms with E-state index in [-0.39, 0.29) is 5.75 Å². The standard InChI is InChI=1S/C12H13FO3/c1-7-5-8(6-9(13)10(7)16-2)12(3-4-12)11(14)15/h5-6H,3-4H2,1-2H3,(H,14,15). The Bertz CT molecular complexity index is 427. The lowest BCUT2D eigenvalue weighted by Crippen LogP contribution is -2.20. The molecule has 0 aromatic heterocycles. The molecule has 1 saturated carbocycles. The molecule has 0 saturated heterocycles. The normalized spacial score (nSPS) is 16.9. The van der Waals surface area contributed by atoms with Gasteiger partial charge in [0.1, 0.15) is 0 Å². The Morgan fingerprint density at radius 2 is 2.12 bits per heavy atom. The molecule has 0 atom stereocenters. The van der Waals surface area contributed by atoms with Crippen molar-refractivity contribution < 1.29 is 19.0 Å². The number of aliphatic carboxylic acids is 1. The van der Waals surface area contributed by atoms with Crippen LogP contribution in [0.2, 0.25) is 0 Å². The van der Waals surface area contributed by atoms with Gasteiger partial charge in [0.25, 0.3) is 0 Å². The second-order valence-corrected chi connectivity index (χ2v) is 4.20. The first-order chi connectivity index (χ1) is 7.51. The van der Waals surface area contributed by atoms with Gasteiger partial charge in [0.05, 0.1) is 12.5 Å². The summed E-state index contributed by atoms with van der Waals surface area (Å²) < 4.78 is 18.5. The molecular formula is C12H13FO3. The van der Waals surface area contributed by atoms with Crippen LogP contribution in [0.1, 0.15) is 24.0 Å². The van der Waals surface area contributed by atoms with E-state index in [9.17, 15) is 9.18 Å². The maximum absolute atomic E-state index is 13.6. The van der Waals surface area contributed by atoms with Crippen LogP contribution in [0.4, 0.5) is 4.39 Å². The van der Waals surface area contributed by atoms with E-state index < -0.39 is 17.2 Å². The Morgan fingerprint density at radius 3 is 2.50 bits per heavy atom. The van der Waals surface area contributed by atoms with Crippen molar-refractivity contribution in [3.63, 3.8) is 0 Å². The number of carboxylic acid groups (broad SMARTS) is 1. The molecule has 1 N–H and O–H groups in total. The molecule has 86 valence electrons. The number of halogens is 1. The zero-order valence-electron chi connectivity index (χ0n) is 9.21. The van der Waals surface area contributed by atoms with E-state index in [1.165, 1.54) is 13.2 Å². The fourth-order valence-corrected chi connectivity index (χ4v) is 2.02. The largest absolute Gasteiger partial charge is 0.493 e. The third-order valence-electron chi connectivity index (χ3n) is 3.15. The number of carbonyl (C=O) groups is 1. The molecular weight excluding hydrogens is 211 g/mol. The smallest absolute Gasteiger partial charge is 0.314 e. The molecule has 3 nitrogen and oxygen atoms in total. The summed E-state index contributed by atoms with van der Waals surface area (Å²) >= 11 is 0. The fraction of sp³-hybridized carbons (Fsp3) is 0.417. The third kappa shape index (κ3) is 1.45. The Kier molecular flexibility index (Phi) is 2.37. The van der Waals surface area contributed by atoms with Crippen molar-refractivity contribution in [2.24, 2.45) is 0 Å². The molecule has 1 aliphatic carbocycles. The molecule has 1 fully saturated rings. The van der Waals surface area contributed by atoms with Crippen molar-refractivity contribution >= 4 is 5.97 Å². The van der Waals surface area contributed by atoms with Gasteiger partial charge in [-0.1, -0.05) is 6.07 Å². The summed E-state index contributed by atoms with van der Waals surface area (Å²) in [4.78, 5) is 11.1. The van der Waals surface area contributed by atoms with Crippen LogP contribution in [0.3, 0.4) is 0 Å². The average molecular weight is 224 g/mol. The zero-order chi connectivity index (χ0) is 11.9. The van der Waals surface area contributed by atoms with Crippen LogP contribution in [-0.4, -0.2) is 18.2 Å². The predicted molar refractivity (Wildman–Crippen MR) is 56.2 cm³/mol. The number of aryl methyl sites for hydroxylation is 1. The summed E-state index contributed by atoms with van der Waals surface area (Å²) in [5, 5.41) is 9.11. The number of ether oxygens (including phenoxy) is 1. The van der Waals surface area contributed by atoms with Crippen LogP contribution in [0.25, 0.3) is 0 Å². The zero-order valence-corrected chi connectivity index (χ0v) is 9.21. The second-order valence-electron chi connectivity index (χ2n) is 4.20. The minimum Gasteiger partial charge on any atom is -0.493 e. The molecule has 0 spiro atoms. The molecule has 1 aliphatic rings. The summed E-state index contributed by atoms with van der Waals surface area (Å²) in [6.07, 6.45) is 1.15. The highest BCUT2D eigenvalue weighted by atomic mass is 19.1. The molecule has 0 bridgehead atoms. The van der Waals surface area contributed by atoms with Crippen LogP contribution in [0.5, 0.6) is 5.75 Å². The van der Waals surface area contributed by atoms with Gasteiger partial charge in [-0.2, -0.15) is 0 Å². The van der Waals surface area contributed by atoms with E-state index in [1.54, 1.807) is 13.0 Å². The van der Waals surface area contributed by atoms with Crippen molar-refractivity contribution in [1.29, 1.82) is 0 Å². The molecule has 4 heteroatoms. The van der Waals surface area contributed by atoms with Crippen molar-refractivity contribution in [2.75, 3.05) is 7.11 Å². The van der Waals surface area contributed by atoms with Gasteiger partial charge in [-0.3, -0.25) is 4.79 Å². The quantitative estimate of drug-likeness (QED) is 0.856. The Morgan fingerprint density at radius 1 is 1.50 bits per heavy atom. The van der Waals surface area contributed by atoms with Gasteiger partial charge in [0.15, 0.2) is 11.6 Å². The minimum absolute atomic E-state index is 0.185. The van der Waals surface area contributed by atoms with Crippen molar-refractivity contribution in [1.82, 2.24) is 0 Å². The van der Waals surface area contributed by atoms with E-state index in [0.29, 0.717) is 24.0 Å². The third-order valence-corrected chi connectivity index (χ3v) is 3.15. The molecule has 0 radical (unpaired) electrons. The lowest BCUT2D eigenvalue weighted by atomic mass is 9.94. The van der Waals surface area contributed by atoms with Gasteiger partial charge in [-0.25, -0.2) is 4.39 Å². The van der Waals surface area contributed by atoms with Gasteiger partial charge in [-0.15, -0.1) is 0 Å². The van der Waals surface area contributed by atoms with Crippen LogP contribution < -0.4 is 4.74 Å². The first kappa shape index (κ1) is 10.9. The lowest BCUT2D eigenvalue weighted by molar-refractivity contribution is -0.140. The molecule has 1 aromatic rings. The molecule has 0 unspecified atom stereocenters. The van der Waals surface area contributed by atoms with Crippen LogP contribution >= 0.6 is 0 Å². The molecule has 0 heterocycles. The number of rotatable bonds is 3. The highest BCUT2D eigenvalue weighted by molar-refractivity contribution is 5.85. The summed E-state index contributed by atoms with van der Waals surface area (Å²) in [6.45, 7) is 1.71. The predicted octanol–water partition coefficient (Wildman–Crippen LogP) is 2.26. The Hall–Kier alpha value is -1.58. The van der Waals surface area contributed by atoms with Gasteiger partial charge < -0.3 is 9.84 Å². The van der Waals surface area contributed by atoms with E-state index in [1.807, 2.05) is 0 Å². The summed E-state index contributed by atoms with van der Waals surface area (Å²) in [5.41, 5.74) is 0.304. The average Bonchev–Trinajstić information content (AvgIpc) is 2.97. The van der Waals surface area contributed by atoms with Crippen LogP contribution in [0, 0.1) is 12.7 Å². The first-order valence-corrected chi connectivity index (χ1v) is 5.09. The topological polar surface area (TPSA) is 46.5 Å². The fourth-order valence-electron chi connectivity index (χ4n) is 2.02. The van der Waals surface area contributed by atoms with E-state index in [4.69, 9.17) is 9.84 Å². The number of hydrogen-bond acceptors (Lipinski definition) is 2. The Balaban J connectivity index is 2.49. The second kappa shape index (κ2) is 3.47. The summed E-state index contributed by atoms with van der Waals surface area (Å²) in [7, 11) is 1.40. The molecule has 2 rings (SSSR count). The van der Waals surface area contributed by atoms with Gasteiger partial charge in [0.2, 0.25) is 0 Å². The van der Waals surface area contributed by atoms with E-state index in [2.05, 4.69) is 0 Å². The number of hydrogen-bond donors (Lipinski definition) is 1. The van der Waals surface area contributed by atoms with Gasteiger partial charge in [-0.05, 0) is 37.0 Å². The van der Waals surface area contributed by atoms with Crippen LogP contribution in [-0.2, 0) is 10.2 Å². The van der Waals surface area contributed by atoms with E-state index in [0.717, 1.165) is 0 Å². The van der Waals surface area contributed by atoms with Gasteiger partial charge >= 0.3 is 5.97 Å². The molecule has 1 aromatic carbocycles. The number of methoxy groups -OCH3 is 1. The maximum atomic E-state index is 13.6.